The van der Waals surface area contributed by atoms with Gasteiger partial charge in [-0.3, -0.25) is 9.59 Å². The van der Waals surface area contributed by atoms with Crippen molar-refractivity contribution < 1.29 is 14.3 Å². The lowest BCUT2D eigenvalue weighted by atomic mass is 9.94. The fraction of sp³-hybridized carbons (Fsp3) is 0.462. The molecule has 8 heteroatoms. The highest BCUT2D eigenvalue weighted by atomic mass is 16.5. The van der Waals surface area contributed by atoms with E-state index in [0.29, 0.717) is 29.0 Å². The van der Waals surface area contributed by atoms with Gasteiger partial charge in [0.05, 0.1) is 24.4 Å². The summed E-state index contributed by atoms with van der Waals surface area (Å²) in [5.41, 5.74) is 2.33. The molecule has 1 aliphatic carbocycles. The Morgan fingerprint density at radius 1 is 1.12 bits per heavy atom. The number of hydrogen-bond acceptors (Lipinski definition) is 5. The van der Waals surface area contributed by atoms with E-state index in [4.69, 9.17) is 4.74 Å². The maximum Gasteiger partial charge on any atom is 0.329 e. The first-order chi connectivity index (χ1) is 16.5. The molecule has 1 aromatic carbocycles. The third-order valence-electron chi connectivity index (χ3n) is 7.05. The van der Waals surface area contributed by atoms with Gasteiger partial charge in [0.1, 0.15) is 17.4 Å². The minimum Gasteiger partial charge on any atom is -0.464 e. The second-order valence-corrected chi connectivity index (χ2v) is 9.07. The Labute approximate surface area is 198 Å². The molecule has 1 saturated carbocycles. The van der Waals surface area contributed by atoms with E-state index in [1.807, 2.05) is 42.2 Å². The van der Waals surface area contributed by atoms with Gasteiger partial charge in [-0.2, -0.15) is 9.61 Å². The Morgan fingerprint density at radius 2 is 1.85 bits per heavy atom. The van der Waals surface area contributed by atoms with Gasteiger partial charge in [-0.1, -0.05) is 56.5 Å². The summed E-state index contributed by atoms with van der Waals surface area (Å²) < 4.78 is 8.42. The van der Waals surface area contributed by atoms with Crippen LogP contribution in [0.15, 0.2) is 41.2 Å². The summed E-state index contributed by atoms with van der Waals surface area (Å²) in [5.74, 6) is -0.587. The number of fused-ring (bicyclic) bond motifs is 2. The topological polar surface area (TPSA) is 85.9 Å². The monoisotopic (exact) mass is 462 g/mol. The smallest absolute Gasteiger partial charge is 0.329 e. The molecule has 1 amide bonds. The zero-order valence-electron chi connectivity index (χ0n) is 19.7. The van der Waals surface area contributed by atoms with Crippen LogP contribution in [-0.2, 0) is 16.1 Å². The molecule has 0 radical (unpaired) electrons. The molecule has 1 unspecified atom stereocenters. The summed E-state index contributed by atoms with van der Waals surface area (Å²) in [7, 11) is 0. The predicted molar refractivity (Wildman–Crippen MR) is 128 cm³/mol. The Bertz CT molecular complexity index is 1290. The summed E-state index contributed by atoms with van der Waals surface area (Å²) in [6.45, 7) is 4.14. The van der Waals surface area contributed by atoms with Gasteiger partial charge in [-0.05, 0) is 26.2 Å². The summed E-state index contributed by atoms with van der Waals surface area (Å²) in [6, 6.07) is 10.7. The van der Waals surface area contributed by atoms with Gasteiger partial charge in [0.15, 0.2) is 0 Å². The van der Waals surface area contributed by atoms with Crippen molar-refractivity contribution >= 4 is 17.5 Å². The average molecular weight is 463 g/mol. The summed E-state index contributed by atoms with van der Waals surface area (Å²) in [5, 5.41) is 4.61. The molecule has 2 aliphatic rings. The van der Waals surface area contributed by atoms with Crippen molar-refractivity contribution in [3.05, 3.63) is 58.0 Å². The third kappa shape index (κ3) is 3.61. The molecule has 1 atom stereocenters. The SMILES string of the molecule is CCOC(=O)C(CC)n1c2c(c(=O)n3nc(-c4ccccc4)cc13)CN(C1CCCCC1)C2=O. The number of benzene rings is 1. The standard InChI is InChI=1S/C26H30N4O4/c1-3-21(26(33)34-4-2)29-22-15-20(17-11-7-5-8-12-17)27-30(22)24(31)19-16-28(25(32)23(19)29)18-13-9-6-10-14-18/h5,7-8,11-12,15,18,21H,3-4,6,9-10,13-14,16H2,1-2H3. The van der Waals surface area contributed by atoms with E-state index in [1.165, 1.54) is 10.9 Å². The Kier molecular flexibility index (Phi) is 5.98. The van der Waals surface area contributed by atoms with E-state index in [1.54, 1.807) is 17.6 Å². The van der Waals surface area contributed by atoms with Gasteiger partial charge in [0.25, 0.3) is 11.5 Å². The summed E-state index contributed by atoms with van der Waals surface area (Å²) in [6.07, 6.45) is 5.65. The lowest BCUT2D eigenvalue weighted by Gasteiger charge is -2.31. The van der Waals surface area contributed by atoms with Gasteiger partial charge in [-0.25, -0.2) is 4.79 Å². The number of nitrogens with zero attached hydrogens (tertiary/aromatic N) is 4. The van der Waals surface area contributed by atoms with Crippen LogP contribution in [0.25, 0.3) is 16.9 Å². The fourth-order valence-electron chi connectivity index (χ4n) is 5.38. The van der Waals surface area contributed by atoms with Crippen LogP contribution in [-0.4, -0.2) is 43.6 Å². The van der Waals surface area contributed by atoms with E-state index < -0.39 is 12.0 Å². The number of carbonyl (C=O) groups is 2. The van der Waals surface area contributed by atoms with Crippen LogP contribution in [0, 0.1) is 0 Å². The van der Waals surface area contributed by atoms with E-state index in [9.17, 15) is 14.4 Å². The molecule has 3 aromatic rings. The van der Waals surface area contributed by atoms with Crippen LogP contribution >= 0.6 is 0 Å². The largest absolute Gasteiger partial charge is 0.464 e. The minimum absolute atomic E-state index is 0.122. The van der Waals surface area contributed by atoms with Crippen LogP contribution in [0.5, 0.6) is 0 Å². The molecule has 3 heterocycles. The highest BCUT2D eigenvalue weighted by Crippen LogP contribution is 2.33. The lowest BCUT2D eigenvalue weighted by molar-refractivity contribution is -0.147. The first kappa shape index (κ1) is 22.4. The van der Waals surface area contributed by atoms with Crippen LogP contribution in [0.4, 0.5) is 0 Å². The van der Waals surface area contributed by atoms with Crippen LogP contribution in [0.2, 0.25) is 0 Å². The van der Waals surface area contributed by atoms with E-state index in [0.717, 1.165) is 31.2 Å². The molecule has 0 spiro atoms. The number of rotatable bonds is 6. The molecule has 1 aliphatic heterocycles. The molecule has 5 rings (SSSR count). The molecule has 2 aromatic heterocycles. The Morgan fingerprint density at radius 3 is 2.53 bits per heavy atom. The fourth-order valence-corrected chi connectivity index (χ4v) is 5.38. The van der Waals surface area contributed by atoms with Crippen molar-refractivity contribution in [3.8, 4) is 11.3 Å². The molecular weight excluding hydrogens is 432 g/mol. The van der Waals surface area contributed by atoms with Gasteiger partial charge in [-0.15, -0.1) is 0 Å². The number of carbonyl (C=O) groups excluding carboxylic acids is 2. The van der Waals surface area contributed by atoms with E-state index >= 15 is 0 Å². The lowest BCUT2D eigenvalue weighted by Crippen LogP contribution is -2.38. The van der Waals surface area contributed by atoms with E-state index in [-0.39, 0.29) is 30.7 Å². The van der Waals surface area contributed by atoms with Crippen molar-refractivity contribution in [2.75, 3.05) is 6.61 Å². The van der Waals surface area contributed by atoms with Crippen LogP contribution in [0.1, 0.15) is 74.5 Å². The first-order valence-corrected chi connectivity index (χ1v) is 12.2. The summed E-state index contributed by atoms with van der Waals surface area (Å²) >= 11 is 0. The molecule has 1 fully saturated rings. The maximum absolute atomic E-state index is 13.8. The van der Waals surface area contributed by atoms with Crippen molar-refractivity contribution in [1.82, 2.24) is 19.1 Å². The Balaban J connectivity index is 1.72. The highest BCUT2D eigenvalue weighted by Gasteiger charge is 2.40. The molecule has 34 heavy (non-hydrogen) atoms. The van der Waals surface area contributed by atoms with Crippen molar-refractivity contribution in [3.63, 3.8) is 0 Å². The molecule has 0 saturated heterocycles. The first-order valence-electron chi connectivity index (χ1n) is 12.2. The quantitative estimate of drug-likeness (QED) is 0.518. The number of amides is 1. The van der Waals surface area contributed by atoms with Gasteiger partial charge in [0.2, 0.25) is 0 Å². The van der Waals surface area contributed by atoms with E-state index in [2.05, 4.69) is 5.10 Å². The normalized spacial score (nSPS) is 17.2. The molecule has 0 N–H and O–H groups in total. The number of ether oxygens (including phenoxy) is 1. The highest BCUT2D eigenvalue weighted by molar-refractivity contribution is 5.98. The molecule has 0 bridgehead atoms. The van der Waals surface area contributed by atoms with Gasteiger partial charge >= 0.3 is 5.97 Å². The zero-order chi connectivity index (χ0) is 23.8. The van der Waals surface area contributed by atoms with Crippen LogP contribution in [0.3, 0.4) is 0 Å². The second-order valence-electron chi connectivity index (χ2n) is 9.07. The zero-order valence-corrected chi connectivity index (χ0v) is 19.7. The molecular formula is C26H30N4O4. The van der Waals surface area contributed by atoms with Crippen molar-refractivity contribution in [2.45, 2.75) is 71.0 Å². The van der Waals surface area contributed by atoms with Crippen molar-refractivity contribution in [1.29, 1.82) is 0 Å². The second kappa shape index (κ2) is 9.08. The van der Waals surface area contributed by atoms with Gasteiger partial charge in [0, 0.05) is 17.7 Å². The van der Waals surface area contributed by atoms with Gasteiger partial charge < -0.3 is 14.2 Å². The number of hydrogen-bond donors (Lipinski definition) is 0. The van der Waals surface area contributed by atoms with Crippen LogP contribution < -0.4 is 5.56 Å². The number of aromatic nitrogens is 3. The molecule has 178 valence electrons. The third-order valence-corrected chi connectivity index (χ3v) is 7.05. The average Bonchev–Trinajstić information content (AvgIpc) is 3.46. The van der Waals surface area contributed by atoms with Crippen molar-refractivity contribution in [2.24, 2.45) is 0 Å². The Hall–Kier alpha value is -3.42. The minimum atomic E-state index is -0.729. The maximum atomic E-state index is 13.8. The number of esters is 1. The summed E-state index contributed by atoms with van der Waals surface area (Å²) in [4.78, 5) is 42.2. The predicted octanol–water partition coefficient (Wildman–Crippen LogP) is 3.97. The molecule has 8 nitrogen and oxygen atoms in total.